The van der Waals surface area contributed by atoms with Crippen LogP contribution in [0.15, 0.2) is 17.5 Å². The molecule has 0 aromatic carbocycles. The van der Waals surface area contributed by atoms with Gasteiger partial charge in [-0.1, -0.05) is 33.3 Å². The third-order valence-corrected chi connectivity index (χ3v) is 5.24. The Morgan fingerprint density at radius 1 is 1.47 bits per heavy atom. The molecule has 1 N–H and O–H groups in total. The van der Waals surface area contributed by atoms with Crippen molar-refractivity contribution in [1.29, 1.82) is 0 Å². The summed E-state index contributed by atoms with van der Waals surface area (Å²) >= 11 is 1.89. The van der Waals surface area contributed by atoms with Crippen molar-refractivity contribution in [3.63, 3.8) is 0 Å². The minimum absolute atomic E-state index is 0.273. The van der Waals surface area contributed by atoms with Gasteiger partial charge in [0.25, 0.3) is 0 Å². The first kappa shape index (κ1) is 15.0. The quantitative estimate of drug-likeness (QED) is 0.888. The molecule has 2 rings (SSSR count). The van der Waals surface area contributed by atoms with E-state index >= 15 is 0 Å². The molecule has 1 aromatic heterocycles. The van der Waals surface area contributed by atoms with Crippen LogP contribution in [-0.2, 0) is 5.41 Å². The second-order valence-electron chi connectivity index (χ2n) is 6.39. The molecule has 1 aromatic rings. The van der Waals surface area contributed by atoms with E-state index in [2.05, 4.69) is 48.5 Å². The topological polar surface area (TPSA) is 15.3 Å². The van der Waals surface area contributed by atoms with E-state index in [4.69, 9.17) is 0 Å². The van der Waals surface area contributed by atoms with Crippen molar-refractivity contribution < 1.29 is 0 Å². The molecule has 1 fully saturated rings. The van der Waals surface area contributed by atoms with Crippen molar-refractivity contribution in [2.45, 2.75) is 51.5 Å². The van der Waals surface area contributed by atoms with Crippen LogP contribution in [0.5, 0.6) is 0 Å². The zero-order valence-corrected chi connectivity index (χ0v) is 13.4. The van der Waals surface area contributed by atoms with Gasteiger partial charge in [0.1, 0.15) is 0 Å². The highest BCUT2D eigenvalue weighted by Gasteiger charge is 2.27. The Morgan fingerprint density at radius 3 is 3.00 bits per heavy atom. The fourth-order valence-electron chi connectivity index (χ4n) is 3.06. The Balaban J connectivity index is 1.96. The molecule has 1 aliphatic heterocycles. The molecule has 0 aliphatic carbocycles. The SMILES string of the molecule is CCCC1CN(CC(C)(C)c2cccs2)CCCN1. The largest absolute Gasteiger partial charge is 0.313 e. The molecule has 0 amide bonds. The highest BCUT2D eigenvalue weighted by molar-refractivity contribution is 7.10. The van der Waals surface area contributed by atoms with E-state index in [1.54, 1.807) is 0 Å². The smallest absolute Gasteiger partial charge is 0.0194 e. The first-order valence-electron chi connectivity index (χ1n) is 7.61. The van der Waals surface area contributed by atoms with Gasteiger partial charge < -0.3 is 10.2 Å². The van der Waals surface area contributed by atoms with Gasteiger partial charge in [0.05, 0.1) is 0 Å². The average Bonchev–Trinajstić information content (AvgIpc) is 2.81. The van der Waals surface area contributed by atoms with E-state index in [-0.39, 0.29) is 5.41 Å². The summed E-state index contributed by atoms with van der Waals surface area (Å²) in [7, 11) is 0. The Bertz CT molecular complexity index is 359. The van der Waals surface area contributed by atoms with Crippen LogP contribution in [-0.4, -0.2) is 37.1 Å². The zero-order valence-electron chi connectivity index (χ0n) is 12.6. The van der Waals surface area contributed by atoms with Gasteiger partial charge >= 0.3 is 0 Å². The van der Waals surface area contributed by atoms with Crippen LogP contribution in [0.4, 0.5) is 0 Å². The van der Waals surface area contributed by atoms with Crippen LogP contribution in [0.3, 0.4) is 0 Å². The number of thiophene rings is 1. The van der Waals surface area contributed by atoms with E-state index in [1.807, 2.05) is 11.3 Å². The van der Waals surface area contributed by atoms with Gasteiger partial charge in [-0.05, 0) is 37.4 Å². The molecule has 0 saturated carbocycles. The third-order valence-electron chi connectivity index (χ3n) is 4.01. The fourth-order valence-corrected chi connectivity index (χ4v) is 3.91. The summed E-state index contributed by atoms with van der Waals surface area (Å²) in [5.41, 5.74) is 0.273. The van der Waals surface area contributed by atoms with Crippen molar-refractivity contribution in [2.24, 2.45) is 0 Å². The number of hydrogen-bond donors (Lipinski definition) is 1. The van der Waals surface area contributed by atoms with Crippen molar-refractivity contribution in [1.82, 2.24) is 10.2 Å². The molecule has 108 valence electrons. The molecule has 0 bridgehead atoms. The van der Waals surface area contributed by atoms with Gasteiger partial charge in [0.2, 0.25) is 0 Å². The maximum atomic E-state index is 3.69. The van der Waals surface area contributed by atoms with Gasteiger partial charge in [-0.3, -0.25) is 0 Å². The van der Waals surface area contributed by atoms with E-state index < -0.39 is 0 Å². The second kappa shape index (κ2) is 6.87. The minimum atomic E-state index is 0.273. The number of nitrogens with one attached hydrogen (secondary N) is 1. The van der Waals surface area contributed by atoms with Gasteiger partial charge in [-0.25, -0.2) is 0 Å². The van der Waals surface area contributed by atoms with Crippen molar-refractivity contribution in [3.05, 3.63) is 22.4 Å². The fraction of sp³-hybridized carbons (Fsp3) is 0.750. The number of hydrogen-bond acceptors (Lipinski definition) is 3. The minimum Gasteiger partial charge on any atom is -0.313 e. The maximum Gasteiger partial charge on any atom is 0.0194 e. The molecular formula is C16H28N2S. The van der Waals surface area contributed by atoms with Crippen molar-refractivity contribution >= 4 is 11.3 Å². The van der Waals surface area contributed by atoms with Crippen molar-refractivity contribution in [3.8, 4) is 0 Å². The summed E-state index contributed by atoms with van der Waals surface area (Å²) in [6.07, 6.45) is 3.86. The molecule has 0 radical (unpaired) electrons. The van der Waals surface area contributed by atoms with E-state index in [0.29, 0.717) is 6.04 Å². The Kier molecular flexibility index (Phi) is 5.43. The second-order valence-corrected chi connectivity index (χ2v) is 7.34. The lowest BCUT2D eigenvalue weighted by atomic mass is 9.90. The number of nitrogens with zero attached hydrogens (tertiary/aromatic N) is 1. The lowest BCUT2D eigenvalue weighted by Crippen LogP contribution is -2.42. The molecule has 19 heavy (non-hydrogen) atoms. The molecule has 2 nitrogen and oxygen atoms in total. The van der Waals surface area contributed by atoms with E-state index in [0.717, 1.165) is 0 Å². The lowest BCUT2D eigenvalue weighted by Gasteiger charge is -2.32. The monoisotopic (exact) mass is 280 g/mol. The van der Waals surface area contributed by atoms with E-state index in [9.17, 15) is 0 Å². The summed E-state index contributed by atoms with van der Waals surface area (Å²) in [5, 5.41) is 5.89. The Labute approximate surface area is 122 Å². The molecule has 0 spiro atoms. The number of rotatable bonds is 5. The van der Waals surface area contributed by atoms with Crippen LogP contribution >= 0.6 is 11.3 Å². The summed E-state index contributed by atoms with van der Waals surface area (Å²) in [5.74, 6) is 0. The Morgan fingerprint density at radius 2 is 2.32 bits per heavy atom. The highest BCUT2D eigenvalue weighted by atomic mass is 32.1. The normalized spacial score (nSPS) is 22.4. The van der Waals surface area contributed by atoms with Gasteiger partial charge in [0.15, 0.2) is 0 Å². The highest BCUT2D eigenvalue weighted by Crippen LogP contribution is 2.28. The molecule has 1 saturated heterocycles. The predicted molar refractivity (Wildman–Crippen MR) is 85.1 cm³/mol. The summed E-state index contributed by atoms with van der Waals surface area (Å²) in [6, 6.07) is 5.14. The molecule has 2 heterocycles. The van der Waals surface area contributed by atoms with Crippen molar-refractivity contribution in [2.75, 3.05) is 26.2 Å². The Hall–Kier alpha value is -0.380. The van der Waals surface area contributed by atoms with Crippen LogP contribution in [0.2, 0.25) is 0 Å². The maximum absolute atomic E-state index is 3.69. The predicted octanol–water partition coefficient (Wildman–Crippen LogP) is 3.49. The summed E-state index contributed by atoms with van der Waals surface area (Å²) in [4.78, 5) is 4.18. The van der Waals surface area contributed by atoms with Gasteiger partial charge in [-0.15, -0.1) is 11.3 Å². The third kappa shape index (κ3) is 4.30. The van der Waals surface area contributed by atoms with E-state index in [1.165, 1.54) is 50.3 Å². The molecular weight excluding hydrogens is 252 g/mol. The van der Waals surface area contributed by atoms with Crippen LogP contribution in [0.1, 0.15) is 44.9 Å². The standard InChI is InChI=1S/C16H28N2S/c1-4-7-14-12-18(10-6-9-17-14)13-16(2,3)15-8-5-11-19-15/h5,8,11,14,17H,4,6-7,9-10,12-13H2,1-3H3. The average molecular weight is 280 g/mol. The zero-order chi connectivity index (χ0) is 13.7. The van der Waals surface area contributed by atoms with Crippen LogP contribution < -0.4 is 5.32 Å². The summed E-state index contributed by atoms with van der Waals surface area (Å²) < 4.78 is 0. The van der Waals surface area contributed by atoms with Gasteiger partial charge in [0, 0.05) is 29.4 Å². The van der Waals surface area contributed by atoms with Crippen LogP contribution in [0.25, 0.3) is 0 Å². The molecule has 1 atom stereocenters. The first-order chi connectivity index (χ1) is 9.12. The van der Waals surface area contributed by atoms with Gasteiger partial charge in [-0.2, -0.15) is 0 Å². The van der Waals surface area contributed by atoms with Crippen LogP contribution in [0, 0.1) is 0 Å². The molecule has 1 aliphatic rings. The lowest BCUT2D eigenvalue weighted by molar-refractivity contribution is 0.218. The summed E-state index contributed by atoms with van der Waals surface area (Å²) in [6.45, 7) is 11.9. The first-order valence-corrected chi connectivity index (χ1v) is 8.49. The molecule has 1 unspecified atom stereocenters. The molecule has 3 heteroatoms.